The topological polar surface area (TPSA) is 102 Å². The summed E-state index contributed by atoms with van der Waals surface area (Å²) < 4.78 is 62.2. The minimum absolute atomic E-state index is 0.399. The van der Waals surface area contributed by atoms with Crippen LogP contribution in [0.2, 0.25) is 0 Å². The van der Waals surface area contributed by atoms with Gasteiger partial charge in [0, 0.05) is 0 Å². The normalized spacial score (nSPS) is 19.5. The van der Waals surface area contributed by atoms with Crippen LogP contribution in [0.1, 0.15) is 0 Å². The van der Waals surface area contributed by atoms with Gasteiger partial charge in [0.05, 0.1) is 92.5 Å². The SMILES string of the molecule is c1ccc2c(c1)OCCOCCOCCOCCOCCOCCOc1ccccc1OCCOCCOCCO2. The standard InChI is InChI=1S/C30H44O11/c1-3-7-29-27(5-1)38-23-19-34-15-13-32-11-9-31-10-12-33-14-16-35-20-24-39-28-6-2-4-8-30(28)41-26-22-37-18-17-36-21-25-40-29/h1-8H,9-26H2. The van der Waals surface area contributed by atoms with Gasteiger partial charge in [-0.1, -0.05) is 24.3 Å². The Morgan fingerprint density at radius 2 is 0.415 bits per heavy atom. The number of hydrogen-bond acceptors (Lipinski definition) is 11. The van der Waals surface area contributed by atoms with Crippen molar-refractivity contribution in [1.82, 2.24) is 0 Å². The van der Waals surface area contributed by atoms with Gasteiger partial charge in [0.15, 0.2) is 23.0 Å². The van der Waals surface area contributed by atoms with E-state index in [0.29, 0.717) is 142 Å². The van der Waals surface area contributed by atoms with Gasteiger partial charge in [0.25, 0.3) is 0 Å². The number of rotatable bonds is 0. The number of fused-ring (bicyclic) bond motifs is 2. The summed E-state index contributed by atoms with van der Waals surface area (Å²) in [5.41, 5.74) is 0. The van der Waals surface area contributed by atoms with Gasteiger partial charge in [-0.15, -0.1) is 0 Å². The van der Waals surface area contributed by atoms with Crippen LogP contribution in [-0.2, 0) is 33.2 Å². The Hall–Kier alpha value is -2.64. The Morgan fingerprint density at radius 1 is 0.244 bits per heavy atom. The monoisotopic (exact) mass is 580 g/mol. The van der Waals surface area contributed by atoms with Crippen molar-refractivity contribution >= 4 is 0 Å². The molecule has 41 heavy (non-hydrogen) atoms. The molecule has 1 heterocycles. The molecule has 0 saturated carbocycles. The molecule has 0 fully saturated rings. The molecule has 0 bridgehead atoms. The van der Waals surface area contributed by atoms with Gasteiger partial charge in [0.1, 0.15) is 26.4 Å². The molecule has 0 aliphatic carbocycles. The summed E-state index contributed by atoms with van der Waals surface area (Å²) >= 11 is 0. The fraction of sp³-hybridized carbons (Fsp3) is 0.600. The van der Waals surface area contributed by atoms with Crippen LogP contribution in [0.3, 0.4) is 0 Å². The van der Waals surface area contributed by atoms with E-state index < -0.39 is 0 Å². The summed E-state index contributed by atoms with van der Waals surface area (Å²) in [7, 11) is 0. The molecule has 2 aromatic rings. The lowest BCUT2D eigenvalue weighted by Crippen LogP contribution is -2.15. The molecule has 3 rings (SSSR count). The number of para-hydroxylation sites is 4. The van der Waals surface area contributed by atoms with Crippen molar-refractivity contribution in [1.29, 1.82) is 0 Å². The zero-order valence-electron chi connectivity index (χ0n) is 23.8. The first kappa shape index (κ1) is 32.9. The van der Waals surface area contributed by atoms with E-state index in [2.05, 4.69) is 0 Å². The van der Waals surface area contributed by atoms with E-state index in [0.717, 1.165) is 0 Å². The Kier molecular flexibility index (Phi) is 18.4. The molecule has 0 radical (unpaired) electrons. The highest BCUT2D eigenvalue weighted by molar-refractivity contribution is 5.40. The lowest BCUT2D eigenvalue weighted by atomic mass is 10.3. The quantitative estimate of drug-likeness (QED) is 0.460. The second-order valence-electron chi connectivity index (χ2n) is 8.57. The molecule has 0 aromatic heterocycles. The largest absolute Gasteiger partial charge is 0.487 e. The van der Waals surface area contributed by atoms with Gasteiger partial charge >= 0.3 is 0 Å². The second kappa shape index (κ2) is 23.0. The van der Waals surface area contributed by atoms with Crippen LogP contribution in [0.15, 0.2) is 48.5 Å². The molecule has 1 aliphatic heterocycles. The lowest BCUT2D eigenvalue weighted by Gasteiger charge is -2.13. The van der Waals surface area contributed by atoms with Gasteiger partial charge in [-0.25, -0.2) is 0 Å². The van der Waals surface area contributed by atoms with Crippen molar-refractivity contribution in [3.8, 4) is 23.0 Å². The average Bonchev–Trinajstić information content (AvgIpc) is 3.00. The average molecular weight is 581 g/mol. The first-order chi connectivity index (χ1) is 20.4. The van der Waals surface area contributed by atoms with Crippen LogP contribution in [0, 0.1) is 0 Å². The van der Waals surface area contributed by atoms with Gasteiger partial charge in [-0.05, 0) is 24.3 Å². The molecule has 230 valence electrons. The summed E-state index contributed by atoms with van der Waals surface area (Å²) in [5, 5.41) is 0. The van der Waals surface area contributed by atoms with Crippen LogP contribution >= 0.6 is 0 Å². The maximum atomic E-state index is 5.83. The highest BCUT2D eigenvalue weighted by atomic mass is 16.6. The van der Waals surface area contributed by atoms with E-state index in [1.807, 2.05) is 48.5 Å². The molecule has 0 N–H and O–H groups in total. The summed E-state index contributed by atoms with van der Waals surface area (Å²) in [4.78, 5) is 0. The fourth-order valence-corrected chi connectivity index (χ4v) is 3.52. The highest BCUT2D eigenvalue weighted by Crippen LogP contribution is 2.27. The Morgan fingerprint density at radius 3 is 0.610 bits per heavy atom. The van der Waals surface area contributed by atoms with Gasteiger partial charge in [0.2, 0.25) is 0 Å². The maximum Gasteiger partial charge on any atom is 0.161 e. The minimum Gasteiger partial charge on any atom is -0.487 e. The third-order valence-corrected chi connectivity index (χ3v) is 5.50. The molecule has 1 aliphatic rings. The zero-order chi connectivity index (χ0) is 28.5. The summed E-state index contributed by atoms with van der Waals surface area (Å²) in [6.07, 6.45) is 0. The van der Waals surface area contributed by atoms with Crippen LogP contribution in [-0.4, -0.2) is 119 Å². The molecule has 0 spiro atoms. The fourth-order valence-electron chi connectivity index (χ4n) is 3.52. The third kappa shape index (κ3) is 15.8. The number of hydrogen-bond donors (Lipinski definition) is 0. The van der Waals surface area contributed by atoms with Crippen molar-refractivity contribution in [2.24, 2.45) is 0 Å². The number of ether oxygens (including phenoxy) is 11. The minimum atomic E-state index is 0.399. The molecule has 0 unspecified atom stereocenters. The third-order valence-electron chi connectivity index (χ3n) is 5.50. The summed E-state index contributed by atoms with van der Waals surface area (Å²) in [6.45, 7) is 8.24. The molecule has 2 aromatic carbocycles. The van der Waals surface area contributed by atoms with Gasteiger partial charge in [-0.3, -0.25) is 0 Å². The van der Waals surface area contributed by atoms with Gasteiger partial charge in [-0.2, -0.15) is 0 Å². The smallest absolute Gasteiger partial charge is 0.161 e. The summed E-state index contributed by atoms with van der Waals surface area (Å²) in [5.74, 6) is 2.66. The van der Waals surface area contributed by atoms with Gasteiger partial charge < -0.3 is 52.1 Å². The van der Waals surface area contributed by atoms with E-state index in [1.165, 1.54) is 0 Å². The predicted molar refractivity (Wildman–Crippen MR) is 151 cm³/mol. The molecular formula is C30H44O11. The molecule has 0 saturated heterocycles. The van der Waals surface area contributed by atoms with Crippen LogP contribution in [0.5, 0.6) is 23.0 Å². The van der Waals surface area contributed by atoms with E-state index >= 15 is 0 Å². The van der Waals surface area contributed by atoms with E-state index in [9.17, 15) is 0 Å². The highest BCUT2D eigenvalue weighted by Gasteiger charge is 2.06. The molecule has 11 nitrogen and oxygen atoms in total. The van der Waals surface area contributed by atoms with Crippen molar-refractivity contribution in [2.45, 2.75) is 0 Å². The predicted octanol–water partition coefficient (Wildman–Crippen LogP) is 3.03. The molecule has 11 heteroatoms. The second-order valence-corrected chi connectivity index (χ2v) is 8.57. The molecule has 0 atom stereocenters. The zero-order valence-corrected chi connectivity index (χ0v) is 23.8. The van der Waals surface area contributed by atoms with Crippen molar-refractivity contribution in [3.63, 3.8) is 0 Å². The lowest BCUT2D eigenvalue weighted by molar-refractivity contribution is -0.0142. The molecule has 0 amide bonds. The first-order valence-electron chi connectivity index (χ1n) is 14.2. The van der Waals surface area contributed by atoms with E-state index in [-0.39, 0.29) is 0 Å². The van der Waals surface area contributed by atoms with E-state index in [4.69, 9.17) is 52.1 Å². The van der Waals surface area contributed by atoms with E-state index in [1.54, 1.807) is 0 Å². The van der Waals surface area contributed by atoms with Crippen molar-refractivity contribution in [2.75, 3.05) is 119 Å². The van der Waals surface area contributed by atoms with Crippen LogP contribution < -0.4 is 18.9 Å². The Balaban J connectivity index is 1.36. The van der Waals surface area contributed by atoms with Crippen LogP contribution in [0.4, 0.5) is 0 Å². The maximum absolute atomic E-state index is 5.83. The Labute approximate surface area is 242 Å². The first-order valence-corrected chi connectivity index (χ1v) is 14.2. The van der Waals surface area contributed by atoms with Crippen molar-refractivity contribution in [3.05, 3.63) is 48.5 Å². The van der Waals surface area contributed by atoms with Crippen LogP contribution in [0.25, 0.3) is 0 Å². The summed E-state index contributed by atoms with van der Waals surface area (Å²) in [6, 6.07) is 15.1. The Bertz CT molecular complexity index is 827. The molecular weight excluding hydrogens is 536 g/mol. The van der Waals surface area contributed by atoms with Crippen molar-refractivity contribution < 1.29 is 52.1 Å². The number of benzene rings is 2.